The van der Waals surface area contributed by atoms with Crippen LogP contribution in [0.2, 0.25) is 0 Å². The largest absolute Gasteiger partial charge is 0.380 e. The Kier molecular flexibility index (Phi) is 3.83. The summed E-state index contributed by atoms with van der Waals surface area (Å²) < 4.78 is 18.4. The molecule has 0 bridgehead atoms. The number of nitrogens with two attached hydrogens (primary N) is 1. The molecule has 1 aromatic rings. The van der Waals surface area contributed by atoms with Crippen LogP contribution in [0.25, 0.3) is 0 Å². The lowest BCUT2D eigenvalue weighted by Gasteiger charge is -2.18. The molecule has 3 heteroatoms. The number of rotatable bonds is 4. The van der Waals surface area contributed by atoms with Crippen molar-refractivity contribution in [1.82, 2.24) is 0 Å². The molecular formula is C12H18FNO. The van der Waals surface area contributed by atoms with E-state index in [0.29, 0.717) is 18.6 Å². The maximum absolute atomic E-state index is 13.5. The number of hydrogen-bond donors (Lipinski definition) is 1. The van der Waals surface area contributed by atoms with E-state index < -0.39 is 0 Å². The van der Waals surface area contributed by atoms with Crippen molar-refractivity contribution in [3.8, 4) is 0 Å². The van der Waals surface area contributed by atoms with Crippen LogP contribution in [0.1, 0.15) is 25.0 Å². The Labute approximate surface area is 90.2 Å². The summed E-state index contributed by atoms with van der Waals surface area (Å²) in [5.74, 6) is -0.224. The first-order valence-corrected chi connectivity index (χ1v) is 4.97. The first-order chi connectivity index (χ1) is 6.92. The molecule has 1 aromatic carbocycles. The topological polar surface area (TPSA) is 35.2 Å². The van der Waals surface area contributed by atoms with Gasteiger partial charge in [0.25, 0.3) is 0 Å². The van der Waals surface area contributed by atoms with Crippen molar-refractivity contribution in [3.05, 3.63) is 35.1 Å². The molecule has 0 aromatic heterocycles. The second kappa shape index (κ2) is 4.73. The fourth-order valence-electron chi connectivity index (χ4n) is 1.50. The molecule has 0 atom stereocenters. The van der Waals surface area contributed by atoms with Crippen LogP contribution in [0.4, 0.5) is 4.39 Å². The zero-order valence-electron chi connectivity index (χ0n) is 9.51. The van der Waals surface area contributed by atoms with Crippen molar-refractivity contribution in [1.29, 1.82) is 0 Å². The number of ether oxygens (including phenoxy) is 1. The molecule has 2 N–H and O–H groups in total. The monoisotopic (exact) mass is 211 g/mol. The predicted octanol–water partition coefficient (Wildman–Crippen LogP) is 2.25. The summed E-state index contributed by atoms with van der Waals surface area (Å²) in [6, 6.07) is 5.18. The molecule has 0 saturated carbocycles. The molecule has 1 rings (SSSR count). The van der Waals surface area contributed by atoms with E-state index in [4.69, 9.17) is 10.5 Å². The lowest BCUT2D eigenvalue weighted by Crippen LogP contribution is -2.34. The molecule has 0 unspecified atom stereocenters. The van der Waals surface area contributed by atoms with Crippen LogP contribution < -0.4 is 5.73 Å². The Balaban J connectivity index is 2.82. The molecule has 0 aliphatic rings. The first-order valence-electron chi connectivity index (χ1n) is 4.97. The van der Waals surface area contributed by atoms with Crippen molar-refractivity contribution in [2.75, 3.05) is 7.11 Å². The average Bonchev–Trinajstić information content (AvgIpc) is 2.07. The van der Waals surface area contributed by atoms with Gasteiger partial charge in [0.2, 0.25) is 0 Å². The minimum absolute atomic E-state index is 0.224. The molecule has 0 aliphatic heterocycles. The number of methoxy groups -OCH3 is 1. The van der Waals surface area contributed by atoms with Crippen molar-refractivity contribution < 1.29 is 9.13 Å². The number of benzene rings is 1. The molecule has 0 heterocycles. The zero-order chi connectivity index (χ0) is 11.5. The Morgan fingerprint density at radius 1 is 1.40 bits per heavy atom. The van der Waals surface area contributed by atoms with E-state index in [0.717, 1.165) is 5.56 Å². The highest BCUT2D eigenvalue weighted by atomic mass is 19.1. The van der Waals surface area contributed by atoms with Crippen LogP contribution in [0, 0.1) is 5.82 Å². The van der Waals surface area contributed by atoms with E-state index in [1.54, 1.807) is 13.2 Å². The van der Waals surface area contributed by atoms with Crippen molar-refractivity contribution in [2.24, 2.45) is 5.73 Å². The van der Waals surface area contributed by atoms with Gasteiger partial charge in [-0.3, -0.25) is 0 Å². The van der Waals surface area contributed by atoms with E-state index in [1.165, 1.54) is 6.07 Å². The second-order valence-electron chi connectivity index (χ2n) is 4.52. The summed E-state index contributed by atoms with van der Waals surface area (Å²) in [7, 11) is 1.55. The molecule has 0 amide bonds. The van der Waals surface area contributed by atoms with Crippen molar-refractivity contribution >= 4 is 0 Å². The van der Waals surface area contributed by atoms with E-state index >= 15 is 0 Å². The Morgan fingerprint density at radius 3 is 2.53 bits per heavy atom. The minimum Gasteiger partial charge on any atom is -0.380 e. The highest BCUT2D eigenvalue weighted by Gasteiger charge is 2.12. The molecule has 0 fully saturated rings. The fourth-order valence-corrected chi connectivity index (χ4v) is 1.50. The standard InChI is InChI=1S/C12H18FNO/c1-12(2,14)7-9-4-5-10(8-15-3)11(13)6-9/h4-6H,7-8,14H2,1-3H3. The summed E-state index contributed by atoms with van der Waals surface area (Å²) in [6.45, 7) is 4.15. The van der Waals surface area contributed by atoms with Crippen LogP contribution in [-0.2, 0) is 17.8 Å². The normalized spacial score (nSPS) is 11.8. The van der Waals surface area contributed by atoms with E-state index in [9.17, 15) is 4.39 Å². The molecule has 0 aliphatic carbocycles. The number of halogens is 1. The number of hydrogen-bond acceptors (Lipinski definition) is 2. The zero-order valence-corrected chi connectivity index (χ0v) is 9.51. The molecular weight excluding hydrogens is 193 g/mol. The van der Waals surface area contributed by atoms with Crippen LogP contribution in [0.3, 0.4) is 0 Å². The fraction of sp³-hybridized carbons (Fsp3) is 0.500. The van der Waals surface area contributed by atoms with Gasteiger partial charge >= 0.3 is 0 Å². The van der Waals surface area contributed by atoms with Gasteiger partial charge in [-0.05, 0) is 31.9 Å². The maximum atomic E-state index is 13.5. The highest BCUT2D eigenvalue weighted by molar-refractivity contribution is 5.25. The summed E-state index contributed by atoms with van der Waals surface area (Å²) in [5, 5.41) is 0. The SMILES string of the molecule is COCc1ccc(CC(C)(C)N)cc1F. The summed E-state index contributed by atoms with van der Waals surface area (Å²) in [4.78, 5) is 0. The van der Waals surface area contributed by atoms with Crippen molar-refractivity contribution in [2.45, 2.75) is 32.4 Å². The summed E-state index contributed by atoms with van der Waals surface area (Å²) in [6.07, 6.45) is 0.664. The molecule has 2 nitrogen and oxygen atoms in total. The van der Waals surface area contributed by atoms with Crippen LogP contribution in [-0.4, -0.2) is 12.6 Å². The highest BCUT2D eigenvalue weighted by Crippen LogP contribution is 2.15. The minimum atomic E-state index is -0.310. The van der Waals surface area contributed by atoms with Crippen LogP contribution in [0.15, 0.2) is 18.2 Å². The second-order valence-corrected chi connectivity index (χ2v) is 4.52. The van der Waals surface area contributed by atoms with Gasteiger partial charge in [-0.15, -0.1) is 0 Å². The molecule has 0 saturated heterocycles. The Hall–Kier alpha value is -0.930. The van der Waals surface area contributed by atoms with Gasteiger partial charge in [-0.1, -0.05) is 12.1 Å². The van der Waals surface area contributed by atoms with Gasteiger partial charge in [0.1, 0.15) is 5.82 Å². The summed E-state index contributed by atoms with van der Waals surface area (Å²) >= 11 is 0. The van der Waals surface area contributed by atoms with Crippen LogP contribution in [0.5, 0.6) is 0 Å². The van der Waals surface area contributed by atoms with Crippen molar-refractivity contribution in [3.63, 3.8) is 0 Å². The van der Waals surface area contributed by atoms with Gasteiger partial charge in [0.15, 0.2) is 0 Å². The molecule has 84 valence electrons. The Bertz CT molecular complexity index is 331. The molecule has 0 spiro atoms. The van der Waals surface area contributed by atoms with Gasteiger partial charge in [0.05, 0.1) is 6.61 Å². The maximum Gasteiger partial charge on any atom is 0.128 e. The predicted molar refractivity (Wildman–Crippen MR) is 59.1 cm³/mol. The molecule has 15 heavy (non-hydrogen) atoms. The van der Waals surface area contributed by atoms with E-state index in [-0.39, 0.29) is 11.4 Å². The third kappa shape index (κ3) is 3.98. The third-order valence-corrected chi connectivity index (χ3v) is 2.08. The third-order valence-electron chi connectivity index (χ3n) is 2.08. The molecule has 0 radical (unpaired) electrons. The Morgan fingerprint density at radius 2 is 2.07 bits per heavy atom. The van der Waals surface area contributed by atoms with Crippen LogP contribution >= 0.6 is 0 Å². The van der Waals surface area contributed by atoms with E-state index in [1.807, 2.05) is 19.9 Å². The van der Waals surface area contributed by atoms with Gasteiger partial charge in [-0.25, -0.2) is 4.39 Å². The van der Waals surface area contributed by atoms with Gasteiger partial charge < -0.3 is 10.5 Å². The smallest absolute Gasteiger partial charge is 0.128 e. The average molecular weight is 211 g/mol. The quantitative estimate of drug-likeness (QED) is 0.829. The first kappa shape index (κ1) is 12.1. The van der Waals surface area contributed by atoms with Gasteiger partial charge in [0, 0.05) is 18.2 Å². The summed E-state index contributed by atoms with van der Waals surface area (Å²) in [5.41, 5.74) is 7.05. The van der Waals surface area contributed by atoms with Gasteiger partial charge in [-0.2, -0.15) is 0 Å². The van der Waals surface area contributed by atoms with E-state index in [2.05, 4.69) is 0 Å². The lowest BCUT2D eigenvalue weighted by atomic mass is 9.95. The lowest BCUT2D eigenvalue weighted by molar-refractivity contribution is 0.181.